The van der Waals surface area contributed by atoms with Crippen molar-refractivity contribution in [2.45, 2.75) is 25.9 Å². The molecule has 1 aliphatic rings. The second-order valence-electron chi connectivity index (χ2n) is 6.64. The first-order chi connectivity index (χ1) is 13.2. The number of carbonyl (C=O) groups excluding carboxylic acids is 1. The van der Waals surface area contributed by atoms with Gasteiger partial charge in [0.25, 0.3) is 0 Å². The van der Waals surface area contributed by atoms with Crippen molar-refractivity contribution in [3.05, 3.63) is 66.0 Å². The van der Waals surface area contributed by atoms with Gasteiger partial charge in [0.2, 0.25) is 5.91 Å². The average Bonchev–Trinajstić information content (AvgIpc) is 3.20. The fourth-order valence-electron chi connectivity index (χ4n) is 3.08. The molecule has 0 bridgehead atoms. The normalized spacial score (nSPS) is 14.0. The molecule has 2 heterocycles. The molecule has 1 amide bonds. The van der Waals surface area contributed by atoms with Crippen molar-refractivity contribution in [1.82, 2.24) is 25.1 Å². The van der Waals surface area contributed by atoms with Crippen molar-refractivity contribution in [3.63, 3.8) is 0 Å². The highest BCUT2D eigenvalue weighted by atomic mass is 16.5. The van der Waals surface area contributed by atoms with Crippen molar-refractivity contribution in [2.75, 3.05) is 13.1 Å². The van der Waals surface area contributed by atoms with Gasteiger partial charge in [0.15, 0.2) is 0 Å². The fourth-order valence-corrected chi connectivity index (χ4v) is 3.08. The van der Waals surface area contributed by atoms with E-state index in [9.17, 15) is 4.79 Å². The number of nitrogens with zero attached hydrogens (tertiary/aromatic N) is 5. The minimum atomic E-state index is 0.0725. The Balaban J connectivity index is 1.27. The van der Waals surface area contributed by atoms with E-state index in [1.807, 2.05) is 41.3 Å². The number of tetrazole rings is 1. The Labute approximate surface area is 157 Å². The van der Waals surface area contributed by atoms with Crippen LogP contribution in [-0.4, -0.2) is 50.2 Å². The summed E-state index contributed by atoms with van der Waals surface area (Å²) < 4.78 is 7.54. The Bertz CT molecular complexity index is 902. The van der Waals surface area contributed by atoms with Crippen LogP contribution in [0.25, 0.3) is 5.69 Å². The monoisotopic (exact) mass is 363 g/mol. The highest BCUT2D eigenvalue weighted by Gasteiger charge is 2.32. The van der Waals surface area contributed by atoms with E-state index in [4.69, 9.17) is 4.74 Å². The Morgan fingerprint density at radius 2 is 1.96 bits per heavy atom. The third-order valence-corrected chi connectivity index (χ3v) is 4.72. The maximum Gasteiger partial charge on any atom is 0.227 e. The van der Waals surface area contributed by atoms with Gasteiger partial charge >= 0.3 is 0 Å². The van der Waals surface area contributed by atoms with Gasteiger partial charge in [-0.1, -0.05) is 31.2 Å². The van der Waals surface area contributed by atoms with Crippen molar-refractivity contribution in [2.24, 2.45) is 0 Å². The Hall–Kier alpha value is -3.22. The van der Waals surface area contributed by atoms with E-state index in [2.05, 4.69) is 34.6 Å². The van der Waals surface area contributed by atoms with E-state index < -0.39 is 0 Å². The molecule has 0 atom stereocenters. The molecular formula is C20H21N5O2. The zero-order valence-corrected chi connectivity index (χ0v) is 15.2. The number of rotatable bonds is 6. The predicted octanol–water partition coefficient (Wildman–Crippen LogP) is 2.06. The third kappa shape index (κ3) is 3.97. The Morgan fingerprint density at radius 1 is 1.15 bits per heavy atom. The van der Waals surface area contributed by atoms with Gasteiger partial charge < -0.3 is 9.64 Å². The summed E-state index contributed by atoms with van der Waals surface area (Å²) in [6.07, 6.45) is 2.98. The van der Waals surface area contributed by atoms with Gasteiger partial charge in [-0.15, -0.1) is 5.10 Å². The first-order valence-corrected chi connectivity index (χ1v) is 9.07. The number of hydrogen-bond donors (Lipinski definition) is 0. The summed E-state index contributed by atoms with van der Waals surface area (Å²) >= 11 is 0. The molecule has 0 aliphatic carbocycles. The maximum absolute atomic E-state index is 12.4. The maximum atomic E-state index is 12.4. The smallest absolute Gasteiger partial charge is 0.227 e. The molecule has 3 aromatic rings. The van der Waals surface area contributed by atoms with Gasteiger partial charge in [-0.25, -0.2) is 4.68 Å². The van der Waals surface area contributed by atoms with E-state index >= 15 is 0 Å². The summed E-state index contributed by atoms with van der Waals surface area (Å²) in [6.45, 7) is 3.40. The van der Waals surface area contributed by atoms with Gasteiger partial charge in [-0.3, -0.25) is 4.79 Å². The van der Waals surface area contributed by atoms with Crippen LogP contribution in [0.3, 0.4) is 0 Å². The number of likely N-dealkylation sites (tertiary alicyclic amines) is 1. The number of carbonyl (C=O) groups is 1. The molecule has 1 fully saturated rings. The summed E-state index contributed by atoms with van der Waals surface area (Å²) in [7, 11) is 0. The quantitative estimate of drug-likeness (QED) is 0.670. The molecule has 1 saturated heterocycles. The molecule has 0 N–H and O–H groups in total. The number of aromatic nitrogens is 4. The van der Waals surface area contributed by atoms with Gasteiger partial charge in [0.1, 0.15) is 18.2 Å². The van der Waals surface area contributed by atoms with Crippen LogP contribution in [-0.2, 0) is 17.6 Å². The van der Waals surface area contributed by atoms with Crippen LogP contribution >= 0.6 is 0 Å². The Morgan fingerprint density at radius 3 is 2.67 bits per heavy atom. The first kappa shape index (κ1) is 17.2. The molecular weight excluding hydrogens is 342 g/mol. The van der Waals surface area contributed by atoms with E-state index in [0.717, 1.165) is 23.4 Å². The molecule has 27 heavy (non-hydrogen) atoms. The van der Waals surface area contributed by atoms with Gasteiger partial charge in [0.05, 0.1) is 25.2 Å². The third-order valence-electron chi connectivity index (χ3n) is 4.72. The van der Waals surface area contributed by atoms with Crippen LogP contribution in [0.1, 0.15) is 18.1 Å². The minimum absolute atomic E-state index is 0.0725. The first-order valence-electron chi connectivity index (χ1n) is 9.07. The van der Waals surface area contributed by atoms with E-state index in [0.29, 0.717) is 19.5 Å². The SMILES string of the molecule is CCc1cccc(OC2CN(C(=O)Cc3ccc(-n4cnnn4)cc3)C2)c1. The highest BCUT2D eigenvalue weighted by molar-refractivity contribution is 5.79. The number of aryl methyl sites for hydroxylation is 1. The van der Waals surface area contributed by atoms with Gasteiger partial charge in [-0.2, -0.15) is 0 Å². The van der Waals surface area contributed by atoms with Crippen LogP contribution in [0.5, 0.6) is 5.75 Å². The van der Waals surface area contributed by atoms with Crippen molar-refractivity contribution < 1.29 is 9.53 Å². The standard InChI is InChI=1S/C20H21N5O2/c1-2-15-4-3-5-18(10-15)27-19-12-24(13-19)20(26)11-16-6-8-17(9-7-16)25-14-21-22-23-25/h3-10,14,19H,2,11-13H2,1H3. The lowest BCUT2D eigenvalue weighted by Gasteiger charge is -2.39. The highest BCUT2D eigenvalue weighted by Crippen LogP contribution is 2.20. The van der Waals surface area contributed by atoms with Crippen LogP contribution < -0.4 is 4.74 Å². The van der Waals surface area contributed by atoms with Crippen molar-refractivity contribution >= 4 is 5.91 Å². The molecule has 0 saturated carbocycles. The zero-order chi connectivity index (χ0) is 18.6. The van der Waals surface area contributed by atoms with E-state index in [-0.39, 0.29) is 12.0 Å². The van der Waals surface area contributed by atoms with Crippen molar-refractivity contribution in [1.29, 1.82) is 0 Å². The predicted molar refractivity (Wildman–Crippen MR) is 99.7 cm³/mol. The van der Waals surface area contributed by atoms with Gasteiger partial charge in [-0.05, 0) is 52.2 Å². The largest absolute Gasteiger partial charge is 0.487 e. The van der Waals surface area contributed by atoms with Crippen LogP contribution in [0.4, 0.5) is 0 Å². The van der Waals surface area contributed by atoms with Crippen molar-refractivity contribution in [3.8, 4) is 11.4 Å². The summed E-state index contributed by atoms with van der Waals surface area (Å²) in [5, 5.41) is 11.1. The van der Waals surface area contributed by atoms with Crippen LogP contribution in [0.15, 0.2) is 54.9 Å². The molecule has 7 nitrogen and oxygen atoms in total. The van der Waals surface area contributed by atoms with E-state index in [1.54, 1.807) is 4.68 Å². The number of benzene rings is 2. The summed E-state index contributed by atoms with van der Waals surface area (Å²) in [5.74, 6) is 0.997. The second-order valence-corrected chi connectivity index (χ2v) is 6.64. The number of ether oxygens (including phenoxy) is 1. The number of amides is 1. The molecule has 0 unspecified atom stereocenters. The zero-order valence-electron chi connectivity index (χ0n) is 15.2. The molecule has 1 aromatic heterocycles. The van der Waals surface area contributed by atoms with Crippen LogP contribution in [0.2, 0.25) is 0 Å². The molecule has 0 spiro atoms. The molecule has 4 rings (SSSR count). The molecule has 1 aliphatic heterocycles. The summed E-state index contributed by atoms with van der Waals surface area (Å²) in [6, 6.07) is 15.8. The molecule has 138 valence electrons. The lowest BCUT2D eigenvalue weighted by atomic mass is 10.1. The lowest BCUT2D eigenvalue weighted by Crippen LogP contribution is -2.56. The summed E-state index contributed by atoms with van der Waals surface area (Å²) in [4.78, 5) is 14.3. The summed E-state index contributed by atoms with van der Waals surface area (Å²) in [5.41, 5.74) is 3.09. The number of hydrogen-bond acceptors (Lipinski definition) is 5. The van der Waals surface area contributed by atoms with Gasteiger partial charge in [0, 0.05) is 0 Å². The lowest BCUT2D eigenvalue weighted by molar-refractivity contribution is -0.139. The topological polar surface area (TPSA) is 73.1 Å². The Kier molecular flexibility index (Phi) is 4.82. The average molecular weight is 363 g/mol. The molecule has 0 radical (unpaired) electrons. The minimum Gasteiger partial charge on any atom is -0.487 e. The van der Waals surface area contributed by atoms with Crippen LogP contribution in [0, 0.1) is 0 Å². The molecule has 2 aromatic carbocycles. The molecule has 7 heteroatoms. The van der Waals surface area contributed by atoms with E-state index in [1.165, 1.54) is 11.9 Å². The second kappa shape index (κ2) is 7.57. The fraction of sp³-hybridized carbons (Fsp3) is 0.300.